The Hall–Kier alpha value is -1.78. The van der Waals surface area contributed by atoms with E-state index in [1.54, 1.807) is 6.07 Å². The summed E-state index contributed by atoms with van der Waals surface area (Å²) in [6.45, 7) is 2.40. The molecule has 98 valence electrons. The quantitative estimate of drug-likeness (QED) is 0.863. The molecule has 0 spiro atoms. The van der Waals surface area contributed by atoms with Crippen LogP contribution in [0.15, 0.2) is 12.3 Å². The van der Waals surface area contributed by atoms with Gasteiger partial charge in [-0.3, -0.25) is 4.79 Å². The van der Waals surface area contributed by atoms with Crippen LogP contribution in [0.3, 0.4) is 0 Å². The first-order valence-electron chi connectivity index (χ1n) is 6.18. The molecule has 1 aromatic rings. The second-order valence-corrected chi connectivity index (χ2v) is 4.77. The molecule has 2 heterocycles. The highest BCUT2D eigenvalue weighted by molar-refractivity contribution is 5.97. The molecule has 1 amide bonds. The van der Waals surface area contributed by atoms with Crippen molar-refractivity contribution >= 4 is 11.9 Å². The normalized spacial score (nSPS) is 19.9. The lowest BCUT2D eigenvalue weighted by molar-refractivity contribution is -0.143. The number of amides is 1. The molecule has 0 unspecified atom stereocenters. The van der Waals surface area contributed by atoms with Gasteiger partial charge in [-0.25, -0.2) is 4.79 Å². The summed E-state index contributed by atoms with van der Waals surface area (Å²) >= 11 is 0. The molecule has 1 aromatic heterocycles. The number of nitrogens with zero attached hydrogens (tertiary/aromatic N) is 2. The summed E-state index contributed by atoms with van der Waals surface area (Å²) in [5.41, 5.74) is 1.47. The Balaban J connectivity index is 2.26. The van der Waals surface area contributed by atoms with E-state index in [2.05, 4.69) is 0 Å². The number of aliphatic carboxylic acids is 1. The van der Waals surface area contributed by atoms with E-state index in [0.29, 0.717) is 18.5 Å². The minimum atomic E-state index is -0.906. The van der Waals surface area contributed by atoms with Crippen molar-refractivity contribution in [2.24, 2.45) is 7.05 Å². The summed E-state index contributed by atoms with van der Waals surface area (Å²) in [5, 5.41) is 9.18. The van der Waals surface area contributed by atoms with Crippen LogP contribution in [-0.2, 0) is 11.8 Å². The van der Waals surface area contributed by atoms with E-state index in [1.807, 2.05) is 24.7 Å². The SMILES string of the molecule is Cc1c(C(=O)N2CCCC[C@H]2C(=O)O)ccn1C. The molecule has 5 heteroatoms. The number of piperidine rings is 1. The molecule has 0 aliphatic carbocycles. The molecule has 2 rings (SSSR count). The zero-order chi connectivity index (χ0) is 13.3. The summed E-state index contributed by atoms with van der Waals surface area (Å²) in [7, 11) is 1.87. The van der Waals surface area contributed by atoms with Crippen LogP contribution in [-0.4, -0.2) is 39.0 Å². The van der Waals surface area contributed by atoms with Crippen molar-refractivity contribution < 1.29 is 14.7 Å². The number of aryl methyl sites for hydroxylation is 1. The van der Waals surface area contributed by atoms with Crippen LogP contribution in [0.25, 0.3) is 0 Å². The molecule has 0 radical (unpaired) electrons. The first-order chi connectivity index (χ1) is 8.52. The van der Waals surface area contributed by atoms with Crippen LogP contribution in [0.2, 0.25) is 0 Å². The Morgan fingerprint density at radius 1 is 1.39 bits per heavy atom. The fourth-order valence-electron chi connectivity index (χ4n) is 2.42. The van der Waals surface area contributed by atoms with Crippen LogP contribution in [0.4, 0.5) is 0 Å². The van der Waals surface area contributed by atoms with Gasteiger partial charge >= 0.3 is 5.97 Å². The van der Waals surface area contributed by atoms with Crippen LogP contribution < -0.4 is 0 Å². The topological polar surface area (TPSA) is 62.5 Å². The van der Waals surface area contributed by atoms with Gasteiger partial charge < -0.3 is 14.6 Å². The largest absolute Gasteiger partial charge is 0.480 e. The lowest BCUT2D eigenvalue weighted by atomic mass is 10.0. The molecule has 5 nitrogen and oxygen atoms in total. The number of carbonyl (C=O) groups is 2. The number of hydrogen-bond donors (Lipinski definition) is 1. The van der Waals surface area contributed by atoms with Gasteiger partial charge in [-0.15, -0.1) is 0 Å². The number of likely N-dealkylation sites (tertiary alicyclic amines) is 1. The van der Waals surface area contributed by atoms with Crippen LogP contribution in [0.1, 0.15) is 35.3 Å². The van der Waals surface area contributed by atoms with Crippen molar-refractivity contribution in [3.63, 3.8) is 0 Å². The molecule has 0 saturated carbocycles. The van der Waals surface area contributed by atoms with Gasteiger partial charge in [0.1, 0.15) is 6.04 Å². The Morgan fingerprint density at radius 3 is 2.67 bits per heavy atom. The van der Waals surface area contributed by atoms with Gasteiger partial charge in [-0.05, 0) is 32.3 Å². The van der Waals surface area contributed by atoms with Crippen molar-refractivity contribution in [2.75, 3.05) is 6.54 Å². The number of carbonyl (C=O) groups excluding carboxylic acids is 1. The summed E-state index contributed by atoms with van der Waals surface area (Å²) in [5.74, 6) is -1.07. The maximum atomic E-state index is 12.4. The summed E-state index contributed by atoms with van der Waals surface area (Å²) < 4.78 is 1.87. The van der Waals surface area contributed by atoms with Crippen LogP contribution in [0.5, 0.6) is 0 Å². The minimum absolute atomic E-state index is 0.166. The molecular formula is C13H18N2O3. The zero-order valence-corrected chi connectivity index (χ0v) is 10.7. The third-order valence-corrected chi connectivity index (χ3v) is 3.66. The van der Waals surface area contributed by atoms with Gasteiger partial charge in [0.25, 0.3) is 5.91 Å². The van der Waals surface area contributed by atoms with E-state index >= 15 is 0 Å². The molecule has 18 heavy (non-hydrogen) atoms. The molecule has 1 fully saturated rings. The van der Waals surface area contributed by atoms with E-state index in [4.69, 9.17) is 0 Å². The highest BCUT2D eigenvalue weighted by Gasteiger charge is 2.33. The maximum Gasteiger partial charge on any atom is 0.326 e. The molecule has 1 saturated heterocycles. The number of carboxylic acid groups (broad SMARTS) is 1. The fourth-order valence-corrected chi connectivity index (χ4v) is 2.42. The number of hydrogen-bond acceptors (Lipinski definition) is 2. The van der Waals surface area contributed by atoms with Crippen molar-refractivity contribution in [1.82, 2.24) is 9.47 Å². The Labute approximate surface area is 106 Å². The average Bonchev–Trinajstić information content (AvgIpc) is 2.69. The molecule has 1 atom stereocenters. The Kier molecular flexibility index (Phi) is 3.41. The lowest BCUT2D eigenvalue weighted by Gasteiger charge is -2.33. The summed E-state index contributed by atoms with van der Waals surface area (Å²) in [6.07, 6.45) is 4.12. The van der Waals surface area contributed by atoms with Gasteiger partial charge in [0, 0.05) is 25.5 Å². The van der Waals surface area contributed by atoms with Crippen LogP contribution >= 0.6 is 0 Å². The van der Waals surface area contributed by atoms with Gasteiger partial charge in [-0.2, -0.15) is 0 Å². The van der Waals surface area contributed by atoms with E-state index in [-0.39, 0.29) is 5.91 Å². The lowest BCUT2D eigenvalue weighted by Crippen LogP contribution is -2.48. The Morgan fingerprint density at radius 2 is 2.11 bits per heavy atom. The molecular weight excluding hydrogens is 232 g/mol. The van der Waals surface area contributed by atoms with Crippen LogP contribution in [0, 0.1) is 6.92 Å². The highest BCUT2D eigenvalue weighted by atomic mass is 16.4. The zero-order valence-electron chi connectivity index (χ0n) is 10.7. The van der Waals surface area contributed by atoms with E-state index in [9.17, 15) is 14.7 Å². The number of rotatable bonds is 2. The monoisotopic (exact) mass is 250 g/mol. The molecule has 1 N–H and O–H groups in total. The molecule has 0 bridgehead atoms. The molecule has 1 aliphatic heterocycles. The second kappa shape index (κ2) is 4.84. The fraction of sp³-hybridized carbons (Fsp3) is 0.538. The second-order valence-electron chi connectivity index (χ2n) is 4.77. The Bertz CT molecular complexity index is 479. The maximum absolute atomic E-state index is 12.4. The van der Waals surface area contributed by atoms with Crippen molar-refractivity contribution in [3.05, 3.63) is 23.5 Å². The van der Waals surface area contributed by atoms with E-state index in [1.165, 1.54) is 4.90 Å². The van der Waals surface area contributed by atoms with Crippen molar-refractivity contribution in [3.8, 4) is 0 Å². The third kappa shape index (κ3) is 2.12. The first-order valence-corrected chi connectivity index (χ1v) is 6.18. The smallest absolute Gasteiger partial charge is 0.326 e. The molecule has 1 aliphatic rings. The highest BCUT2D eigenvalue weighted by Crippen LogP contribution is 2.21. The third-order valence-electron chi connectivity index (χ3n) is 3.66. The van der Waals surface area contributed by atoms with Crippen molar-refractivity contribution in [1.29, 1.82) is 0 Å². The first kappa shape index (κ1) is 12.7. The van der Waals surface area contributed by atoms with Gasteiger partial charge in [-0.1, -0.05) is 0 Å². The van der Waals surface area contributed by atoms with Crippen molar-refractivity contribution in [2.45, 2.75) is 32.2 Å². The number of carboxylic acids is 1. The number of aromatic nitrogens is 1. The predicted octanol–water partition coefficient (Wildman–Crippen LogP) is 1.41. The summed E-state index contributed by atoms with van der Waals surface area (Å²) in [4.78, 5) is 25.1. The molecule has 0 aromatic carbocycles. The van der Waals surface area contributed by atoms with Gasteiger partial charge in [0.15, 0.2) is 0 Å². The summed E-state index contributed by atoms with van der Waals surface area (Å²) in [6, 6.07) is 1.08. The average molecular weight is 250 g/mol. The van der Waals surface area contributed by atoms with Gasteiger partial charge in [0.2, 0.25) is 0 Å². The predicted molar refractivity (Wildman–Crippen MR) is 66.5 cm³/mol. The standard InChI is InChI=1S/C13H18N2O3/c1-9-10(6-8-14(9)2)12(16)15-7-4-3-5-11(15)13(17)18/h6,8,11H,3-5,7H2,1-2H3,(H,17,18)/t11-/m0/s1. The van der Waals surface area contributed by atoms with E-state index < -0.39 is 12.0 Å². The van der Waals surface area contributed by atoms with Gasteiger partial charge in [0.05, 0.1) is 5.56 Å². The van der Waals surface area contributed by atoms with E-state index in [0.717, 1.165) is 18.5 Å². The minimum Gasteiger partial charge on any atom is -0.480 e.